The molecule has 1 aliphatic heterocycles. The van der Waals surface area contributed by atoms with Crippen LogP contribution < -0.4 is 4.74 Å². The number of phenolic OH excluding ortho intramolecular Hbond substituents is 1. The van der Waals surface area contributed by atoms with Gasteiger partial charge >= 0.3 is 0 Å². The van der Waals surface area contributed by atoms with Crippen molar-refractivity contribution in [3.05, 3.63) is 30.2 Å². The maximum Gasteiger partial charge on any atom is 0.260 e. The first-order valence-electron chi connectivity index (χ1n) is 5.19. The van der Waals surface area contributed by atoms with Crippen LogP contribution in [0.15, 0.2) is 18.2 Å². The van der Waals surface area contributed by atoms with Crippen LogP contribution in [0.5, 0.6) is 11.5 Å². The van der Waals surface area contributed by atoms with Gasteiger partial charge in [-0.1, -0.05) is 0 Å². The Kier molecular flexibility index (Phi) is 2.99. The quantitative estimate of drug-likeness (QED) is 0.774. The van der Waals surface area contributed by atoms with Crippen molar-refractivity contribution in [3.63, 3.8) is 0 Å². The van der Waals surface area contributed by atoms with Gasteiger partial charge in [0.05, 0.1) is 13.5 Å². The minimum absolute atomic E-state index is 0.117. The van der Waals surface area contributed by atoms with Gasteiger partial charge in [0.1, 0.15) is 0 Å². The number of amides is 2. The van der Waals surface area contributed by atoms with Crippen molar-refractivity contribution in [3.8, 4) is 11.5 Å². The molecule has 89 valence electrons. The number of phenols is 1. The summed E-state index contributed by atoms with van der Waals surface area (Å²) in [5.74, 6) is -0.512. The Hall–Kier alpha value is -2.04. The van der Waals surface area contributed by atoms with Crippen LogP contribution in [0, 0.1) is 6.42 Å². The second-order valence-electron chi connectivity index (χ2n) is 3.67. The topological polar surface area (TPSA) is 66.8 Å². The molecule has 0 bridgehead atoms. The second kappa shape index (κ2) is 4.45. The standard InChI is InChI=1S/C12H12NO4/c1-17-10-5-4-8(7-9(10)14)12(16)13-6-2-3-11(13)15/h3-5,7,14H,2,6H2,1H3. The predicted molar refractivity (Wildman–Crippen MR) is 59.6 cm³/mol. The van der Waals surface area contributed by atoms with Crippen LogP contribution in [0.25, 0.3) is 0 Å². The fourth-order valence-electron chi connectivity index (χ4n) is 1.72. The zero-order valence-electron chi connectivity index (χ0n) is 9.34. The van der Waals surface area contributed by atoms with Gasteiger partial charge in [0.2, 0.25) is 5.91 Å². The summed E-state index contributed by atoms with van der Waals surface area (Å²) >= 11 is 0. The van der Waals surface area contributed by atoms with Crippen LogP contribution in [-0.4, -0.2) is 35.5 Å². The molecule has 0 unspecified atom stereocenters. The number of imide groups is 1. The van der Waals surface area contributed by atoms with E-state index in [-0.39, 0.29) is 17.2 Å². The van der Waals surface area contributed by atoms with Crippen molar-refractivity contribution in [2.24, 2.45) is 0 Å². The average molecular weight is 234 g/mol. The summed E-state index contributed by atoms with van der Waals surface area (Å²) in [6, 6.07) is 4.31. The Labute approximate surface area is 98.6 Å². The molecule has 5 heteroatoms. The number of aromatic hydroxyl groups is 1. The van der Waals surface area contributed by atoms with Gasteiger partial charge in [-0.25, -0.2) is 0 Å². The highest BCUT2D eigenvalue weighted by atomic mass is 16.5. The highest BCUT2D eigenvalue weighted by molar-refractivity contribution is 6.08. The van der Waals surface area contributed by atoms with Gasteiger partial charge in [-0.2, -0.15) is 0 Å². The third-order valence-corrected chi connectivity index (χ3v) is 2.61. The first-order chi connectivity index (χ1) is 8.13. The Bertz CT molecular complexity index is 470. The lowest BCUT2D eigenvalue weighted by Gasteiger charge is -2.14. The van der Waals surface area contributed by atoms with E-state index < -0.39 is 5.91 Å². The van der Waals surface area contributed by atoms with Crippen molar-refractivity contribution in [2.45, 2.75) is 6.42 Å². The molecule has 1 aliphatic rings. The molecule has 2 amide bonds. The predicted octanol–water partition coefficient (Wildman–Crippen LogP) is 0.978. The maximum atomic E-state index is 11.9. The van der Waals surface area contributed by atoms with Crippen molar-refractivity contribution in [1.29, 1.82) is 0 Å². The first kappa shape index (κ1) is 11.4. The normalized spacial score (nSPS) is 15.1. The average Bonchev–Trinajstić information content (AvgIpc) is 2.74. The number of nitrogens with zero attached hydrogens (tertiary/aromatic N) is 1. The van der Waals surface area contributed by atoms with Crippen molar-refractivity contribution >= 4 is 11.8 Å². The number of hydrogen-bond donors (Lipinski definition) is 1. The smallest absolute Gasteiger partial charge is 0.260 e. The molecule has 0 atom stereocenters. The van der Waals surface area contributed by atoms with Gasteiger partial charge in [0.15, 0.2) is 11.5 Å². The third-order valence-electron chi connectivity index (χ3n) is 2.61. The van der Waals surface area contributed by atoms with Crippen LogP contribution in [-0.2, 0) is 4.79 Å². The number of rotatable bonds is 2. The first-order valence-corrected chi connectivity index (χ1v) is 5.19. The van der Waals surface area contributed by atoms with E-state index in [1.807, 2.05) is 0 Å². The van der Waals surface area contributed by atoms with Crippen LogP contribution in [0.3, 0.4) is 0 Å². The number of likely N-dealkylation sites (tertiary alicyclic amines) is 1. The van der Waals surface area contributed by atoms with Gasteiger partial charge in [-0.05, 0) is 24.6 Å². The van der Waals surface area contributed by atoms with Gasteiger partial charge in [-0.15, -0.1) is 0 Å². The van der Waals surface area contributed by atoms with E-state index in [0.29, 0.717) is 18.7 Å². The minimum atomic E-state index is -0.401. The van der Waals surface area contributed by atoms with Crippen LogP contribution in [0.4, 0.5) is 0 Å². The monoisotopic (exact) mass is 234 g/mol. The maximum absolute atomic E-state index is 11.9. The van der Waals surface area contributed by atoms with Crippen LogP contribution in [0.1, 0.15) is 16.8 Å². The van der Waals surface area contributed by atoms with E-state index in [1.165, 1.54) is 31.7 Å². The fourth-order valence-corrected chi connectivity index (χ4v) is 1.72. The summed E-state index contributed by atoms with van der Waals surface area (Å²) in [7, 11) is 1.43. The Morgan fingerprint density at radius 2 is 2.24 bits per heavy atom. The summed E-state index contributed by atoms with van der Waals surface area (Å²) in [6.45, 7) is 0.393. The SMILES string of the molecule is COc1ccc(C(=O)N2CC[CH]C2=O)cc1O. The lowest BCUT2D eigenvalue weighted by molar-refractivity contribution is -0.122. The third kappa shape index (κ3) is 2.08. The van der Waals surface area contributed by atoms with Gasteiger partial charge in [-0.3, -0.25) is 14.5 Å². The molecule has 5 nitrogen and oxygen atoms in total. The Balaban J connectivity index is 2.25. The van der Waals surface area contributed by atoms with Gasteiger partial charge in [0.25, 0.3) is 5.91 Å². The lowest BCUT2D eigenvalue weighted by Crippen LogP contribution is -2.31. The number of benzene rings is 1. The summed E-state index contributed by atoms with van der Waals surface area (Å²) in [6.07, 6.45) is 2.05. The largest absolute Gasteiger partial charge is 0.504 e. The van der Waals surface area contributed by atoms with E-state index >= 15 is 0 Å². The molecule has 0 aliphatic carbocycles. The molecule has 1 heterocycles. The number of carbonyl (C=O) groups excluding carboxylic acids is 2. The molecule has 1 aromatic rings. The Morgan fingerprint density at radius 1 is 1.47 bits per heavy atom. The lowest BCUT2D eigenvalue weighted by atomic mass is 10.2. The molecule has 1 N–H and O–H groups in total. The van der Waals surface area contributed by atoms with Gasteiger partial charge < -0.3 is 9.84 Å². The highest BCUT2D eigenvalue weighted by Gasteiger charge is 2.27. The van der Waals surface area contributed by atoms with Crippen molar-refractivity contribution in [1.82, 2.24) is 4.90 Å². The summed E-state index contributed by atoms with van der Waals surface area (Å²) in [5, 5.41) is 9.56. The zero-order valence-corrected chi connectivity index (χ0v) is 9.34. The number of hydrogen-bond acceptors (Lipinski definition) is 4. The van der Waals surface area contributed by atoms with Crippen molar-refractivity contribution in [2.75, 3.05) is 13.7 Å². The molecule has 0 spiro atoms. The van der Waals surface area contributed by atoms with E-state index in [4.69, 9.17) is 4.74 Å². The molecular formula is C12H12NO4. The molecule has 1 radical (unpaired) electrons. The minimum Gasteiger partial charge on any atom is -0.504 e. The van der Waals surface area contributed by atoms with E-state index in [9.17, 15) is 14.7 Å². The molecule has 0 aromatic heterocycles. The number of ether oxygens (including phenoxy) is 1. The molecule has 1 saturated heterocycles. The van der Waals surface area contributed by atoms with Gasteiger partial charge in [0, 0.05) is 12.1 Å². The molecule has 0 saturated carbocycles. The highest BCUT2D eigenvalue weighted by Crippen LogP contribution is 2.27. The Morgan fingerprint density at radius 3 is 2.76 bits per heavy atom. The van der Waals surface area contributed by atoms with Crippen molar-refractivity contribution < 1.29 is 19.4 Å². The molecular weight excluding hydrogens is 222 g/mol. The number of carbonyl (C=O) groups is 2. The molecule has 2 rings (SSSR count). The van der Waals surface area contributed by atoms with E-state index in [0.717, 1.165) is 4.90 Å². The molecule has 17 heavy (non-hydrogen) atoms. The van der Waals surface area contributed by atoms with E-state index in [2.05, 4.69) is 0 Å². The second-order valence-corrected chi connectivity index (χ2v) is 3.67. The summed E-state index contributed by atoms with van der Waals surface area (Å²) < 4.78 is 4.88. The summed E-state index contributed by atoms with van der Waals surface area (Å²) in [4.78, 5) is 24.5. The van der Waals surface area contributed by atoms with Crippen LogP contribution in [0.2, 0.25) is 0 Å². The molecule has 1 fully saturated rings. The van der Waals surface area contributed by atoms with Crippen LogP contribution >= 0.6 is 0 Å². The fraction of sp³-hybridized carbons (Fsp3) is 0.250. The van der Waals surface area contributed by atoms with E-state index in [1.54, 1.807) is 0 Å². The summed E-state index contributed by atoms with van der Waals surface area (Å²) in [5.41, 5.74) is 0.270. The number of methoxy groups -OCH3 is 1. The molecule has 1 aromatic carbocycles. The zero-order chi connectivity index (χ0) is 12.4.